The SMILES string of the molecule is C=CCn1c(COc2ccccc2F)nnc1SC(C)C#N. The summed E-state index contributed by atoms with van der Waals surface area (Å²) >= 11 is 1.31. The molecule has 1 aromatic heterocycles. The van der Waals surface area contributed by atoms with E-state index in [1.165, 1.54) is 17.8 Å². The maximum Gasteiger partial charge on any atom is 0.192 e. The van der Waals surface area contributed by atoms with Gasteiger partial charge in [-0.05, 0) is 19.1 Å². The summed E-state index contributed by atoms with van der Waals surface area (Å²) in [5, 5.41) is 17.4. The van der Waals surface area contributed by atoms with Gasteiger partial charge in [-0.2, -0.15) is 5.26 Å². The minimum atomic E-state index is -0.426. The van der Waals surface area contributed by atoms with Crippen molar-refractivity contribution in [2.75, 3.05) is 0 Å². The van der Waals surface area contributed by atoms with Crippen molar-refractivity contribution >= 4 is 11.8 Å². The highest BCUT2D eigenvalue weighted by Gasteiger charge is 2.15. The van der Waals surface area contributed by atoms with Crippen LogP contribution >= 0.6 is 11.8 Å². The van der Waals surface area contributed by atoms with Crippen molar-refractivity contribution in [2.24, 2.45) is 0 Å². The van der Waals surface area contributed by atoms with Crippen molar-refractivity contribution in [2.45, 2.75) is 30.5 Å². The minimum absolute atomic E-state index is 0.0866. The Morgan fingerprint density at radius 3 is 2.95 bits per heavy atom. The Morgan fingerprint density at radius 2 is 2.27 bits per heavy atom. The molecule has 2 aromatic rings. The Morgan fingerprint density at radius 1 is 1.50 bits per heavy atom. The molecule has 0 radical (unpaired) electrons. The first kappa shape index (κ1) is 16.0. The van der Waals surface area contributed by atoms with E-state index in [0.717, 1.165) is 0 Å². The summed E-state index contributed by atoms with van der Waals surface area (Å²) in [4.78, 5) is 0. The maximum absolute atomic E-state index is 13.5. The fraction of sp³-hybridized carbons (Fsp3) is 0.267. The van der Waals surface area contributed by atoms with Gasteiger partial charge in [0.15, 0.2) is 22.5 Å². The van der Waals surface area contributed by atoms with E-state index in [2.05, 4.69) is 22.8 Å². The van der Waals surface area contributed by atoms with E-state index in [1.54, 1.807) is 35.8 Å². The summed E-state index contributed by atoms with van der Waals surface area (Å²) in [6, 6.07) is 8.31. The molecule has 1 atom stereocenters. The van der Waals surface area contributed by atoms with E-state index >= 15 is 0 Å². The van der Waals surface area contributed by atoms with Gasteiger partial charge in [-0.3, -0.25) is 4.57 Å². The highest BCUT2D eigenvalue weighted by Crippen LogP contribution is 2.23. The predicted molar refractivity (Wildman–Crippen MR) is 81.9 cm³/mol. The minimum Gasteiger partial charge on any atom is -0.483 e. The number of nitrogens with zero attached hydrogens (tertiary/aromatic N) is 4. The number of thioether (sulfide) groups is 1. The summed E-state index contributed by atoms with van der Waals surface area (Å²) in [7, 11) is 0. The van der Waals surface area contributed by atoms with Crippen molar-refractivity contribution in [1.82, 2.24) is 14.8 Å². The molecule has 0 aliphatic rings. The molecule has 1 aromatic carbocycles. The van der Waals surface area contributed by atoms with Crippen LogP contribution in [0.1, 0.15) is 12.7 Å². The molecule has 114 valence electrons. The molecule has 0 aliphatic carbocycles. The molecule has 2 rings (SSSR count). The summed E-state index contributed by atoms with van der Waals surface area (Å²) < 4.78 is 20.8. The van der Waals surface area contributed by atoms with Gasteiger partial charge >= 0.3 is 0 Å². The maximum atomic E-state index is 13.5. The lowest BCUT2D eigenvalue weighted by molar-refractivity contribution is 0.275. The third-order valence-electron chi connectivity index (χ3n) is 2.76. The molecule has 0 aliphatic heterocycles. The van der Waals surface area contributed by atoms with Gasteiger partial charge in [0.2, 0.25) is 0 Å². The molecular formula is C15H15FN4OS. The van der Waals surface area contributed by atoms with Crippen LogP contribution in [0.2, 0.25) is 0 Å². The van der Waals surface area contributed by atoms with Crippen molar-refractivity contribution < 1.29 is 9.13 Å². The van der Waals surface area contributed by atoms with E-state index in [4.69, 9.17) is 10.00 Å². The number of aromatic nitrogens is 3. The second-order valence-corrected chi connectivity index (χ2v) is 5.71. The van der Waals surface area contributed by atoms with E-state index in [0.29, 0.717) is 17.5 Å². The molecule has 1 heterocycles. The van der Waals surface area contributed by atoms with Crippen LogP contribution in [0.25, 0.3) is 0 Å². The molecule has 0 saturated carbocycles. The van der Waals surface area contributed by atoms with E-state index in [9.17, 15) is 4.39 Å². The Hall–Kier alpha value is -2.33. The van der Waals surface area contributed by atoms with Gasteiger partial charge in [-0.25, -0.2) is 4.39 Å². The number of rotatable bonds is 7. The van der Waals surface area contributed by atoms with Gasteiger partial charge in [0, 0.05) is 6.54 Å². The van der Waals surface area contributed by atoms with E-state index < -0.39 is 5.82 Å². The molecular weight excluding hydrogens is 303 g/mol. The molecule has 0 spiro atoms. The Balaban J connectivity index is 2.15. The van der Waals surface area contributed by atoms with Gasteiger partial charge in [0.05, 0.1) is 11.3 Å². The smallest absolute Gasteiger partial charge is 0.192 e. The summed E-state index contributed by atoms with van der Waals surface area (Å²) in [6.07, 6.45) is 1.71. The van der Waals surface area contributed by atoms with Crippen LogP contribution < -0.4 is 4.74 Å². The highest BCUT2D eigenvalue weighted by atomic mass is 32.2. The first-order valence-corrected chi connectivity index (χ1v) is 7.50. The van der Waals surface area contributed by atoms with Gasteiger partial charge in [-0.15, -0.1) is 16.8 Å². The van der Waals surface area contributed by atoms with E-state index in [1.807, 2.05) is 0 Å². The second-order valence-electron chi connectivity index (χ2n) is 4.41. The lowest BCUT2D eigenvalue weighted by atomic mass is 10.3. The molecule has 22 heavy (non-hydrogen) atoms. The molecule has 5 nitrogen and oxygen atoms in total. The Kier molecular flexibility index (Phi) is 5.55. The van der Waals surface area contributed by atoms with Crippen LogP contribution in [0.5, 0.6) is 5.75 Å². The van der Waals surface area contributed by atoms with E-state index in [-0.39, 0.29) is 17.6 Å². The van der Waals surface area contributed by atoms with Crippen LogP contribution in [-0.2, 0) is 13.2 Å². The average molecular weight is 318 g/mol. The highest BCUT2D eigenvalue weighted by molar-refractivity contribution is 8.00. The molecule has 0 bridgehead atoms. The molecule has 0 amide bonds. The number of hydrogen-bond donors (Lipinski definition) is 0. The standard InChI is InChI=1S/C15H15FN4OS/c1-3-8-20-14(18-19-15(20)22-11(2)9-17)10-21-13-7-5-4-6-12(13)16/h3-7,11H,1,8,10H2,2H3. The molecule has 0 fully saturated rings. The predicted octanol–water partition coefficient (Wildman–Crippen LogP) is 3.19. The first-order chi connectivity index (χ1) is 10.7. The van der Waals surface area contributed by atoms with Gasteiger partial charge in [-0.1, -0.05) is 30.0 Å². The monoisotopic (exact) mass is 318 g/mol. The topological polar surface area (TPSA) is 63.7 Å². The number of ether oxygens (including phenoxy) is 1. The average Bonchev–Trinajstić information content (AvgIpc) is 2.89. The van der Waals surface area contributed by atoms with Crippen LogP contribution in [0, 0.1) is 17.1 Å². The van der Waals surface area contributed by atoms with Crippen molar-refractivity contribution in [3.8, 4) is 11.8 Å². The number of allylic oxidation sites excluding steroid dienone is 1. The number of hydrogen-bond acceptors (Lipinski definition) is 5. The quantitative estimate of drug-likeness (QED) is 0.579. The largest absolute Gasteiger partial charge is 0.483 e. The summed E-state index contributed by atoms with van der Waals surface area (Å²) in [5.74, 6) is 0.288. The molecule has 7 heteroatoms. The molecule has 1 unspecified atom stereocenters. The number of para-hydroxylation sites is 1. The Bertz CT molecular complexity index is 695. The van der Waals surface area contributed by atoms with Crippen LogP contribution in [0.4, 0.5) is 4.39 Å². The van der Waals surface area contributed by atoms with Gasteiger partial charge in [0.1, 0.15) is 6.61 Å². The third-order valence-corrected chi connectivity index (χ3v) is 3.73. The summed E-state index contributed by atoms with van der Waals surface area (Å²) in [6.45, 7) is 6.06. The van der Waals surface area contributed by atoms with Crippen LogP contribution in [0.3, 0.4) is 0 Å². The number of halogens is 1. The zero-order chi connectivity index (χ0) is 15.9. The lowest BCUT2D eigenvalue weighted by Gasteiger charge is -2.09. The number of nitriles is 1. The van der Waals surface area contributed by atoms with Crippen molar-refractivity contribution in [3.63, 3.8) is 0 Å². The molecule has 0 saturated heterocycles. The molecule has 0 N–H and O–H groups in total. The fourth-order valence-corrected chi connectivity index (χ4v) is 2.48. The second kappa shape index (κ2) is 7.61. The summed E-state index contributed by atoms with van der Waals surface area (Å²) in [5.41, 5.74) is 0. The zero-order valence-electron chi connectivity index (χ0n) is 12.1. The van der Waals surface area contributed by atoms with Gasteiger partial charge in [0.25, 0.3) is 0 Å². The van der Waals surface area contributed by atoms with Crippen molar-refractivity contribution in [3.05, 3.63) is 48.6 Å². The van der Waals surface area contributed by atoms with Crippen molar-refractivity contribution in [1.29, 1.82) is 5.26 Å². The fourth-order valence-electron chi connectivity index (χ4n) is 1.71. The third kappa shape index (κ3) is 3.86. The first-order valence-electron chi connectivity index (χ1n) is 6.62. The lowest BCUT2D eigenvalue weighted by Crippen LogP contribution is -2.08. The van der Waals surface area contributed by atoms with Gasteiger partial charge < -0.3 is 4.74 Å². The Labute approximate surface area is 132 Å². The van der Waals surface area contributed by atoms with Crippen LogP contribution in [-0.4, -0.2) is 20.0 Å². The zero-order valence-corrected chi connectivity index (χ0v) is 12.9. The number of benzene rings is 1. The van der Waals surface area contributed by atoms with Crippen LogP contribution in [0.15, 0.2) is 42.1 Å². The normalized spacial score (nSPS) is 11.7.